The molecule has 5 N–H and O–H groups in total. The van der Waals surface area contributed by atoms with Crippen LogP contribution in [0.15, 0.2) is 22.1 Å². The number of imidazole rings is 1. The van der Waals surface area contributed by atoms with Crippen molar-refractivity contribution in [3.63, 3.8) is 0 Å². The number of primary amides is 1. The molecule has 1 heterocycles. The van der Waals surface area contributed by atoms with Crippen LogP contribution in [0.1, 0.15) is 63.1 Å². The molecule has 1 aromatic heterocycles. The second-order valence-electron chi connectivity index (χ2n) is 9.75. The average molecular weight is 536 g/mol. The Balaban J connectivity index is 1.71. The van der Waals surface area contributed by atoms with Crippen LogP contribution in [0, 0.1) is 24.5 Å². The zero-order chi connectivity index (χ0) is 26.7. The highest BCUT2D eigenvalue weighted by atomic mass is 35.5. The van der Waals surface area contributed by atoms with Crippen LogP contribution in [0.4, 0.5) is 26.2 Å². The smallest absolute Gasteiger partial charge is 0.224 e. The molecule has 1 amide bonds. The molecule has 0 bridgehead atoms. The van der Waals surface area contributed by atoms with E-state index in [1.807, 2.05) is 4.57 Å². The van der Waals surface area contributed by atoms with Gasteiger partial charge in [-0.3, -0.25) is 9.36 Å². The third-order valence-corrected chi connectivity index (χ3v) is 7.40. The molecule has 1 aromatic carbocycles. The summed E-state index contributed by atoms with van der Waals surface area (Å²) in [4.78, 5) is 25.1. The summed E-state index contributed by atoms with van der Waals surface area (Å²) in [6, 6.07) is 1.64. The Morgan fingerprint density at radius 3 is 2.59 bits per heavy atom. The van der Waals surface area contributed by atoms with Gasteiger partial charge in [-0.2, -0.15) is 4.99 Å². The molecule has 0 saturated heterocycles. The predicted molar refractivity (Wildman–Crippen MR) is 140 cm³/mol. The van der Waals surface area contributed by atoms with E-state index in [9.17, 15) is 18.7 Å². The highest BCUT2D eigenvalue weighted by molar-refractivity contribution is 6.33. The molecular weight excluding hydrogens is 504 g/mol. The van der Waals surface area contributed by atoms with Gasteiger partial charge in [-0.1, -0.05) is 11.6 Å². The number of nitrogens with two attached hydrogens (primary N) is 1. The van der Waals surface area contributed by atoms with Gasteiger partial charge < -0.3 is 21.5 Å². The number of aromatic nitrogens is 2. The number of hydrogen-bond donors (Lipinski definition) is 4. The SMILES string of the molecule is C=N/C(=N\c1c(C)nc(Nc2c(F)cc(F)cc2Cl)n1[C@H]1CC[C@@H](C(N)=O)CC1)N[C@H]1CCC[C@@H](O)C1. The number of halogens is 3. The Bertz CT molecular complexity index is 1170. The lowest BCUT2D eigenvalue weighted by Gasteiger charge is -2.30. The number of nitrogens with one attached hydrogen (secondary N) is 2. The number of amides is 1. The van der Waals surface area contributed by atoms with Crippen molar-refractivity contribution in [1.29, 1.82) is 0 Å². The highest BCUT2D eigenvalue weighted by Crippen LogP contribution is 2.40. The van der Waals surface area contributed by atoms with E-state index in [2.05, 4.69) is 27.3 Å². The maximum atomic E-state index is 14.6. The Morgan fingerprint density at radius 1 is 1.24 bits per heavy atom. The van der Waals surface area contributed by atoms with Crippen LogP contribution >= 0.6 is 11.6 Å². The molecule has 0 spiro atoms. The maximum Gasteiger partial charge on any atom is 0.224 e. The molecule has 9 nitrogen and oxygen atoms in total. The van der Waals surface area contributed by atoms with Crippen molar-refractivity contribution in [3.8, 4) is 0 Å². The number of carbonyl (C=O) groups excluding carboxylic acids is 1. The lowest BCUT2D eigenvalue weighted by molar-refractivity contribution is -0.122. The summed E-state index contributed by atoms with van der Waals surface area (Å²) in [6.45, 7) is 5.41. The topological polar surface area (TPSA) is 130 Å². The van der Waals surface area contributed by atoms with Gasteiger partial charge in [0.05, 0.1) is 22.5 Å². The highest BCUT2D eigenvalue weighted by Gasteiger charge is 2.30. The van der Waals surface area contributed by atoms with Crippen molar-refractivity contribution < 1.29 is 18.7 Å². The number of aliphatic hydroxyl groups is 1. The molecule has 37 heavy (non-hydrogen) atoms. The molecule has 2 aliphatic rings. The lowest BCUT2D eigenvalue weighted by Crippen LogP contribution is -2.39. The lowest BCUT2D eigenvalue weighted by atomic mass is 9.85. The van der Waals surface area contributed by atoms with E-state index in [-0.39, 0.29) is 52.6 Å². The first-order chi connectivity index (χ1) is 17.7. The van der Waals surface area contributed by atoms with Gasteiger partial charge in [0, 0.05) is 24.1 Å². The van der Waals surface area contributed by atoms with E-state index in [1.165, 1.54) is 0 Å². The number of nitrogens with zero attached hydrogens (tertiary/aromatic N) is 4. The number of hydrogen-bond acceptors (Lipinski definition) is 5. The minimum atomic E-state index is -0.856. The number of guanidine groups is 1. The zero-order valence-corrected chi connectivity index (χ0v) is 21.4. The van der Waals surface area contributed by atoms with Crippen LogP contribution in [0.3, 0.4) is 0 Å². The third kappa shape index (κ3) is 6.27. The third-order valence-electron chi connectivity index (χ3n) is 7.10. The molecule has 12 heteroatoms. The number of benzene rings is 1. The van der Waals surface area contributed by atoms with Crippen LogP contribution in [-0.4, -0.2) is 45.4 Å². The van der Waals surface area contributed by atoms with Crippen molar-refractivity contribution >= 4 is 47.6 Å². The average Bonchev–Trinajstić information content (AvgIpc) is 3.15. The van der Waals surface area contributed by atoms with Gasteiger partial charge in [0.2, 0.25) is 17.8 Å². The first-order valence-corrected chi connectivity index (χ1v) is 12.8. The predicted octanol–water partition coefficient (Wildman–Crippen LogP) is 4.66. The van der Waals surface area contributed by atoms with Gasteiger partial charge >= 0.3 is 0 Å². The van der Waals surface area contributed by atoms with Crippen LogP contribution in [0.5, 0.6) is 0 Å². The quantitative estimate of drug-likeness (QED) is 0.315. The van der Waals surface area contributed by atoms with Crippen molar-refractivity contribution in [2.24, 2.45) is 21.6 Å². The van der Waals surface area contributed by atoms with Crippen LogP contribution < -0.4 is 16.4 Å². The number of aliphatic imine (C=N–C) groups is 2. The van der Waals surface area contributed by atoms with Crippen molar-refractivity contribution in [3.05, 3.63) is 34.5 Å². The second-order valence-corrected chi connectivity index (χ2v) is 10.2. The Morgan fingerprint density at radius 2 is 1.97 bits per heavy atom. The number of aliphatic hydroxyl groups excluding tert-OH is 1. The fourth-order valence-electron chi connectivity index (χ4n) is 5.19. The number of rotatable bonds is 6. The van der Waals surface area contributed by atoms with E-state index >= 15 is 0 Å². The maximum absolute atomic E-state index is 14.6. The minimum absolute atomic E-state index is 0.000367. The zero-order valence-electron chi connectivity index (χ0n) is 20.7. The summed E-state index contributed by atoms with van der Waals surface area (Å²) >= 11 is 6.14. The molecule has 2 fully saturated rings. The van der Waals surface area contributed by atoms with E-state index in [1.54, 1.807) is 6.92 Å². The molecule has 0 unspecified atom stereocenters. The van der Waals surface area contributed by atoms with E-state index < -0.39 is 11.6 Å². The first-order valence-electron chi connectivity index (χ1n) is 12.5. The van der Waals surface area contributed by atoms with Crippen molar-refractivity contribution in [2.75, 3.05) is 5.32 Å². The van der Waals surface area contributed by atoms with Gasteiger partial charge in [0.25, 0.3) is 0 Å². The Labute approximate surface area is 219 Å². The standard InChI is InChI=1S/C25H32ClF2N7O2/c1-13-23(34-24(30-2)32-16-4-3-5-18(36)12-16)35(17-8-6-14(7-9-17)22(29)37)25(31-13)33-21-19(26)10-15(27)11-20(21)28/h10-11,14,16-18,36H,2-9,12H2,1H3,(H2,29,37)(H,31,33)(H,32,34)/t14-,16-,17+,18+/m0/s1. The molecule has 4 rings (SSSR count). The van der Waals surface area contributed by atoms with Gasteiger partial charge in [-0.05, 0) is 71.1 Å². The van der Waals surface area contributed by atoms with E-state index in [0.29, 0.717) is 43.6 Å². The monoisotopic (exact) mass is 535 g/mol. The van der Waals surface area contributed by atoms with Gasteiger partial charge in [0.15, 0.2) is 11.6 Å². The number of anilines is 2. The molecule has 0 radical (unpaired) electrons. The number of carbonyl (C=O) groups is 1. The fraction of sp³-hybridized carbons (Fsp3) is 0.520. The molecule has 2 atom stereocenters. The Kier molecular flexibility index (Phi) is 8.43. The molecule has 2 aliphatic carbocycles. The van der Waals surface area contributed by atoms with Gasteiger partial charge in [-0.15, -0.1) is 0 Å². The van der Waals surface area contributed by atoms with Crippen molar-refractivity contribution in [1.82, 2.24) is 14.9 Å². The summed E-state index contributed by atoms with van der Waals surface area (Å²) in [6.07, 6.45) is 5.17. The van der Waals surface area contributed by atoms with Crippen molar-refractivity contribution in [2.45, 2.75) is 76.5 Å². The molecule has 200 valence electrons. The summed E-state index contributed by atoms with van der Waals surface area (Å²) < 4.78 is 30.1. The summed E-state index contributed by atoms with van der Waals surface area (Å²) in [7, 11) is 0. The van der Waals surface area contributed by atoms with Crippen LogP contribution in [-0.2, 0) is 4.79 Å². The molecular formula is C25H32ClF2N7O2. The van der Waals surface area contributed by atoms with E-state index in [4.69, 9.17) is 22.3 Å². The number of aryl methyl sites for hydroxylation is 1. The Hall–Kier alpha value is -3.05. The molecule has 2 saturated carbocycles. The normalized spacial score (nSPS) is 24.5. The summed E-state index contributed by atoms with van der Waals surface area (Å²) in [5.41, 5.74) is 5.96. The second kappa shape index (κ2) is 11.6. The minimum Gasteiger partial charge on any atom is -0.393 e. The summed E-state index contributed by atoms with van der Waals surface area (Å²) in [5, 5.41) is 16.1. The van der Waals surface area contributed by atoms with E-state index in [0.717, 1.165) is 31.4 Å². The van der Waals surface area contributed by atoms with Gasteiger partial charge in [0.1, 0.15) is 5.82 Å². The van der Waals surface area contributed by atoms with Gasteiger partial charge in [-0.25, -0.2) is 18.8 Å². The first kappa shape index (κ1) is 27.0. The fourth-order valence-corrected chi connectivity index (χ4v) is 5.43. The van der Waals surface area contributed by atoms with Crippen LogP contribution in [0.2, 0.25) is 5.02 Å². The largest absolute Gasteiger partial charge is 0.393 e. The van der Waals surface area contributed by atoms with Crippen LogP contribution in [0.25, 0.3) is 0 Å². The summed E-state index contributed by atoms with van der Waals surface area (Å²) in [5.74, 6) is -1.13. The molecule has 0 aliphatic heterocycles. The molecule has 2 aromatic rings.